The van der Waals surface area contributed by atoms with E-state index in [9.17, 15) is 4.79 Å². The predicted octanol–water partition coefficient (Wildman–Crippen LogP) is 3.89. The summed E-state index contributed by atoms with van der Waals surface area (Å²) in [5.41, 5.74) is 3.84. The first-order valence-electron chi connectivity index (χ1n) is 12.0. The van der Waals surface area contributed by atoms with E-state index in [2.05, 4.69) is 31.7 Å². The molecular formula is C26H27N7O4P+. The third-order valence-corrected chi connectivity index (χ3v) is 8.47. The molecule has 11 nitrogen and oxygen atoms in total. The molecular weight excluding hydrogens is 505 g/mol. The third-order valence-electron chi connectivity index (χ3n) is 5.92. The number of hydrogen-bond donors (Lipinski definition) is 1. The average molecular weight is 533 g/mol. The summed E-state index contributed by atoms with van der Waals surface area (Å²) in [5, 5.41) is 13.6. The number of fused-ring (bicyclic) bond motifs is 2. The summed E-state index contributed by atoms with van der Waals surface area (Å²) in [6, 6.07) is 17.6. The van der Waals surface area contributed by atoms with Crippen molar-refractivity contribution >= 4 is 52.7 Å². The van der Waals surface area contributed by atoms with Gasteiger partial charge in [-0.05, 0) is 55.0 Å². The smallest absolute Gasteiger partial charge is 0.336 e. The van der Waals surface area contributed by atoms with Crippen molar-refractivity contribution in [1.29, 1.82) is 0 Å². The summed E-state index contributed by atoms with van der Waals surface area (Å²) in [4.78, 5) is 25.2. The minimum Gasteiger partial charge on any atom is -0.464 e. The molecule has 0 saturated carbocycles. The predicted molar refractivity (Wildman–Crippen MR) is 146 cm³/mol. The van der Waals surface area contributed by atoms with E-state index in [1.807, 2.05) is 55.2 Å². The quantitative estimate of drug-likeness (QED) is 0.209. The summed E-state index contributed by atoms with van der Waals surface area (Å²) < 4.78 is 18.1. The van der Waals surface area contributed by atoms with Gasteiger partial charge in [-0.3, -0.25) is 4.98 Å². The molecule has 0 amide bonds. The van der Waals surface area contributed by atoms with Crippen molar-refractivity contribution in [3.8, 4) is 0 Å². The number of ether oxygens (including phenoxy) is 1. The molecule has 0 aliphatic carbocycles. The van der Waals surface area contributed by atoms with Crippen LogP contribution in [0.5, 0.6) is 0 Å². The Morgan fingerprint density at radius 1 is 1.11 bits per heavy atom. The number of carbonyl (C=O) groups is 1. The zero-order valence-electron chi connectivity index (χ0n) is 21.2. The molecule has 1 atom stereocenters. The highest BCUT2D eigenvalue weighted by Crippen LogP contribution is 2.55. The Kier molecular flexibility index (Phi) is 7.50. The van der Waals surface area contributed by atoms with E-state index >= 15 is 0 Å². The van der Waals surface area contributed by atoms with Crippen molar-refractivity contribution in [2.45, 2.75) is 13.5 Å². The Balaban J connectivity index is 1.31. The Morgan fingerprint density at radius 3 is 2.74 bits per heavy atom. The monoisotopic (exact) mass is 532 g/mol. The highest BCUT2D eigenvalue weighted by Gasteiger charge is 2.39. The summed E-state index contributed by atoms with van der Waals surface area (Å²) in [7, 11) is -0.871. The second kappa shape index (κ2) is 11.1. The molecule has 0 fully saturated rings. The minimum absolute atomic E-state index is 0.167. The first-order chi connectivity index (χ1) is 18.5. The fourth-order valence-electron chi connectivity index (χ4n) is 3.89. The molecule has 1 N–H and O–H groups in total. The molecule has 3 aromatic heterocycles. The minimum atomic E-state index is -2.44. The lowest BCUT2D eigenvalue weighted by Crippen LogP contribution is -2.19. The van der Waals surface area contributed by atoms with Crippen LogP contribution in [0.2, 0.25) is 0 Å². The van der Waals surface area contributed by atoms with Gasteiger partial charge in [-0.2, -0.15) is 4.52 Å². The fourth-order valence-corrected chi connectivity index (χ4v) is 5.40. The summed E-state index contributed by atoms with van der Waals surface area (Å²) in [6.07, 6.45) is 3.40. The Labute approximate surface area is 219 Å². The molecule has 0 radical (unpaired) electrons. The second-order valence-electron chi connectivity index (χ2n) is 8.46. The number of benzene rings is 2. The van der Waals surface area contributed by atoms with E-state index in [4.69, 9.17) is 18.8 Å². The Bertz CT molecular complexity index is 1580. The molecule has 0 aliphatic heterocycles. The maximum atomic E-state index is 11.7. The van der Waals surface area contributed by atoms with Crippen LogP contribution in [0.4, 0.5) is 11.5 Å². The van der Waals surface area contributed by atoms with E-state index in [1.165, 1.54) is 0 Å². The molecule has 3 heterocycles. The van der Waals surface area contributed by atoms with Gasteiger partial charge in [-0.25, -0.2) is 24.0 Å². The molecule has 0 aliphatic rings. The number of rotatable bonds is 10. The van der Waals surface area contributed by atoms with Crippen LogP contribution in [-0.2, 0) is 25.1 Å². The van der Waals surface area contributed by atoms with E-state index in [0.29, 0.717) is 30.3 Å². The van der Waals surface area contributed by atoms with Gasteiger partial charge in [0.25, 0.3) is 0 Å². The number of carbonyl (C=O) groups excluding carboxylic acids is 1. The normalized spacial score (nSPS) is 12.9. The SMILES string of the molecule is CCOC(=O)CO[P+](C)(OC)c1ccc(Nc2cnc3nnn(Cc4ccc5ncccc5c4)c3n2)cc1. The van der Waals surface area contributed by atoms with Crippen molar-refractivity contribution in [2.24, 2.45) is 0 Å². The van der Waals surface area contributed by atoms with Crippen molar-refractivity contribution in [2.75, 3.05) is 32.3 Å². The molecule has 12 heteroatoms. The number of hydrogen-bond acceptors (Lipinski definition) is 10. The maximum Gasteiger partial charge on any atom is 0.336 e. The first-order valence-corrected chi connectivity index (χ1v) is 14.0. The van der Waals surface area contributed by atoms with E-state index in [0.717, 1.165) is 27.5 Å². The molecule has 5 rings (SSSR count). The van der Waals surface area contributed by atoms with Crippen LogP contribution in [0.3, 0.4) is 0 Å². The Hall–Kier alpha value is -4.05. The van der Waals surface area contributed by atoms with Crippen LogP contribution in [-0.4, -0.2) is 62.9 Å². The third kappa shape index (κ3) is 5.60. The van der Waals surface area contributed by atoms with Gasteiger partial charge in [0.15, 0.2) is 23.4 Å². The standard InChI is InChI=1S/C26H27N7O4P/c1-4-36-24(34)17-37-38(3,35-2)21-10-8-20(9-11-21)29-23-15-28-25-26(30-23)33(32-31-25)16-18-7-12-22-19(14-18)6-5-13-27-22/h5-15H,4,16-17H2,1-3H3,(H,29,30)/q+1. The molecule has 1 unspecified atom stereocenters. The van der Waals surface area contributed by atoms with E-state index in [1.54, 1.807) is 31.1 Å². The van der Waals surface area contributed by atoms with Gasteiger partial charge in [-0.15, -0.1) is 5.10 Å². The van der Waals surface area contributed by atoms with E-state index in [-0.39, 0.29) is 6.61 Å². The number of nitrogens with one attached hydrogen (secondary N) is 1. The molecule has 0 bridgehead atoms. The van der Waals surface area contributed by atoms with Gasteiger partial charge in [0, 0.05) is 17.3 Å². The maximum absolute atomic E-state index is 11.7. The average Bonchev–Trinajstić information content (AvgIpc) is 3.34. The fraction of sp³-hybridized carbons (Fsp3) is 0.231. The van der Waals surface area contributed by atoms with Gasteiger partial charge in [0.1, 0.15) is 6.66 Å². The number of nitrogens with zero attached hydrogens (tertiary/aromatic N) is 6. The highest BCUT2D eigenvalue weighted by atomic mass is 31.2. The second-order valence-corrected chi connectivity index (χ2v) is 11.3. The Morgan fingerprint density at radius 2 is 1.95 bits per heavy atom. The highest BCUT2D eigenvalue weighted by molar-refractivity contribution is 7.73. The van der Waals surface area contributed by atoms with Crippen molar-refractivity contribution in [1.82, 2.24) is 29.9 Å². The van der Waals surface area contributed by atoms with Crippen LogP contribution in [0.25, 0.3) is 22.2 Å². The van der Waals surface area contributed by atoms with Gasteiger partial charge in [-0.1, -0.05) is 17.3 Å². The molecule has 5 aromatic rings. The van der Waals surface area contributed by atoms with Gasteiger partial charge >= 0.3 is 13.7 Å². The molecule has 194 valence electrons. The van der Waals surface area contributed by atoms with Crippen LogP contribution < -0.4 is 10.6 Å². The van der Waals surface area contributed by atoms with Crippen molar-refractivity contribution in [3.63, 3.8) is 0 Å². The van der Waals surface area contributed by atoms with Gasteiger partial charge < -0.3 is 10.1 Å². The first kappa shape index (κ1) is 25.6. The lowest BCUT2D eigenvalue weighted by Gasteiger charge is -2.18. The zero-order chi connectivity index (χ0) is 26.5. The van der Waals surface area contributed by atoms with Crippen LogP contribution in [0.15, 0.2) is 67.0 Å². The van der Waals surface area contributed by atoms with Crippen molar-refractivity contribution < 1.29 is 18.6 Å². The van der Waals surface area contributed by atoms with Crippen LogP contribution in [0, 0.1) is 0 Å². The summed E-state index contributed by atoms with van der Waals surface area (Å²) in [5.74, 6) is 0.133. The molecule has 0 saturated heterocycles. The lowest BCUT2D eigenvalue weighted by atomic mass is 10.1. The van der Waals surface area contributed by atoms with Crippen LogP contribution in [0.1, 0.15) is 12.5 Å². The molecule has 0 spiro atoms. The lowest BCUT2D eigenvalue weighted by molar-refractivity contribution is -0.145. The van der Waals surface area contributed by atoms with Crippen LogP contribution >= 0.6 is 7.72 Å². The number of pyridine rings is 1. The largest absolute Gasteiger partial charge is 0.464 e. The molecule has 38 heavy (non-hydrogen) atoms. The van der Waals surface area contributed by atoms with Gasteiger partial charge in [0.05, 0.1) is 32.0 Å². The van der Waals surface area contributed by atoms with E-state index < -0.39 is 13.7 Å². The number of esters is 1. The topological polar surface area (TPSA) is 126 Å². The summed E-state index contributed by atoms with van der Waals surface area (Å²) >= 11 is 0. The molecule has 2 aromatic carbocycles. The number of anilines is 2. The zero-order valence-corrected chi connectivity index (χ0v) is 22.1. The number of aromatic nitrogens is 6. The van der Waals surface area contributed by atoms with Gasteiger partial charge in [0.2, 0.25) is 5.65 Å². The van der Waals surface area contributed by atoms with Crippen molar-refractivity contribution in [3.05, 3.63) is 72.6 Å². The summed E-state index contributed by atoms with van der Waals surface area (Å²) in [6.45, 7) is 4.24.